The normalized spacial score (nSPS) is 60.5. The SMILES string of the molecule is C[C@H]1CC[C@@]2(OC1)O[C@H]1C[C@H]3[C@@H]4CC[C@@H]5C[C@H](O[C@H]6OC[C@H](O)[C@@H](O)[C@@H]6O[C@H]6O[C@@H](C)[C@H](O)[C@@H](O[C@H]7O[C@@H](C)[C@H](O)[C@@H](O)[C@@H]7O)[C@@H]6O)C[C@@H](O)[C@]5(C)[C@H]4CC[C@@]3(C)[C@H]1[C@@H]2C. The highest BCUT2D eigenvalue weighted by atomic mass is 16.8. The lowest BCUT2D eigenvalue weighted by atomic mass is 9.43. The van der Waals surface area contributed by atoms with Gasteiger partial charge in [-0.3, -0.25) is 0 Å². The molecule has 9 rings (SSSR count). The van der Waals surface area contributed by atoms with Crippen LogP contribution in [0.5, 0.6) is 0 Å². The zero-order chi connectivity index (χ0) is 42.8. The van der Waals surface area contributed by atoms with Gasteiger partial charge in [-0.25, -0.2) is 0 Å². The van der Waals surface area contributed by atoms with Gasteiger partial charge in [0.25, 0.3) is 0 Å². The summed E-state index contributed by atoms with van der Waals surface area (Å²) in [5.74, 6) is 2.52. The van der Waals surface area contributed by atoms with E-state index in [-0.39, 0.29) is 29.5 Å². The fraction of sp³-hybridized carbons (Fsp3) is 1.00. The molecule has 5 heterocycles. The van der Waals surface area contributed by atoms with Crippen LogP contribution in [-0.4, -0.2) is 164 Å². The van der Waals surface area contributed by atoms with Crippen molar-refractivity contribution in [3.63, 3.8) is 0 Å². The monoisotopic (exact) mass is 856 g/mol. The molecule has 0 unspecified atom stereocenters. The number of hydrogen-bond donors (Lipinski definition) is 8. The van der Waals surface area contributed by atoms with Crippen molar-refractivity contribution in [3.05, 3.63) is 0 Å². The number of rotatable bonds is 6. The van der Waals surface area contributed by atoms with Crippen LogP contribution < -0.4 is 0 Å². The molecule has 9 fully saturated rings. The predicted molar refractivity (Wildman–Crippen MR) is 208 cm³/mol. The smallest absolute Gasteiger partial charge is 0.187 e. The van der Waals surface area contributed by atoms with Crippen molar-refractivity contribution in [1.82, 2.24) is 0 Å². The van der Waals surface area contributed by atoms with Crippen molar-refractivity contribution in [3.8, 4) is 0 Å². The van der Waals surface area contributed by atoms with Crippen molar-refractivity contribution >= 4 is 0 Å². The Morgan fingerprint density at radius 2 is 1.30 bits per heavy atom. The highest BCUT2D eigenvalue weighted by Gasteiger charge is 2.70. The van der Waals surface area contributed by atoms with Crippen molar-refractivity contribution in [2.75, 3.05) is 13.2 Å². The molecule has 27 atom stereocenters. The zero-order valence-corrected chi connectivity index (χ0v) is 36.0. The third-order valence-corrected chi connectivity index (χ3v) is 17.9. The molecule has 5 aliphatic heterocycles. The molecule has 0 aromatic rings. The van der Waals surface area contributed by atoms with Crippen LogP contribution in [0.3, 0.4) is 0 Å². The molecule has 1 spiro atoms. The molecule has 5 saturated heterocycles. The minimum atomic E-state index is -1.71. The Morgan fingerprint density at radius 1 is 0.600 bits per heavy atom. The van der Waals surface area contributed by atoms with E-state index in [2.05, 4.69) is 27.7 Å². The van der Waals surface area contributed by atoms with Gasteiger partial charge in [0, 0.05) is 18.8 Å². The molecule has 8 N–H and O–H groups in total. The first kappa shape index (κ1) is 44.6. The van der Waals surface area contributed by atoms with Crippen LogP contribution in [-0.2, 0) is 37.9 Å². The molecule has 0 radical (unpaired) electrons. The molecular weight excluding hydrogens is 784 g/mol. The molecule has 0 aromatic heterocycles. The van der Waals surface area contributed by atoms with Crippen molar-refractivity contribution in [2.45, 2.75) is 209 Å². The van der Waals surface area contributed by atoms with Gasteiger partial charge in [0.1, 0.15) is 54.9 Å². The molecule has 60 heavy (non-hydrogen) atoms. The predicted octanol–water partition coefficient (Wildman–Crippen LogP) is 0.932. The lowest BCUT2D eigenvalue weighted by molar-refractivity contribution is -0.379. The summed E-state index contributed by atoms with van der Waals surface area (Å²) in [6.07, 6.45) is -12.1. The van der Waals surface area contributed by atoms with Gasteiger partial charge in [0.05, 0.1) is 43.7 Å². The molecule has 0 aromatic carbocycles. The van der Waals surface area contributed by atoms with E-state index in [4.69, 9.17) is 37.9 Å². The van der Waals surface area contributed by atoms with Gasteiger partial charge in [-0.2, -0.15) is 0 Å². The van der Waals surface area contributed by atoms with Crippen LogP contribution in [0.25, 0.3) is 0 Å². The van der Waals surface area contributed by atoms with E-state index in [9.17, 15) is 40.9 Å². The van der Waals surface area contributed by atoms with E-state index in [0.29, 0.717) is 48.3 Å². The fourth-order valence-corrected chi connectivity index (χ4v) is 14.3. The molecule has 4 aliphatic carbocycles. The summed E-state index contributed by atoms with van der Waals surface area (Å²) in [6, 6.07) is 0. The first-order chi connectivity index (χ1) is 28.4. The van der Waals surface area contributed by atoms with E-state index in [0.717, 1.165) is 51.6 Å². The Labute approximate surface area is 353 Å². The maximum absolute atomic E-state index is 12.2. The first-order valence-electron chi connectivity index (χ1n) is 23.0. The molecule has 344 valence electrons. The topological polar surface area (TPSA) is 236 Å². The minimum absolute atomic E-state index is 0.168. The van der Waals surface area contributed by atoms with E-state index >= 15 is 0 Å². The lowest BCUT2D eigenvalue weighted by Crippen LogP contribution is -2.65. The van der Waals surface area contributed by atoms with Gasteiger partial charge < -0.3 is 78.7 Å². The largest absolute Gasteiger partial charge is 0.392 e. The Morgan fingerprint density at radius 3 is 2.02 bits per heavy atom. The fourth-order valence-electron chi connectivity index (χ4n) is 14.3. The van der Waals surface area contributed by atoms with Crippen LogP contribution in [0.2, 0.25) is 0 Å². The van der Waals surface area contributed by atoms with Gasteiger partial charge in [-0.1, -0.05) is 27.7 Å². The van der Waals surface area contributed by atoms with Gasteiger partial charge in [-0.05, 0) is 105 Å². The average molecular weight is 857 g/mol. The second-order valence-electron chi connectivity index (χ2n) is 21.1. The van der Waals surface area contributed by atoms with Gasteiger partial charge in [0.2, 0.25) is 0 Å². The molecule has 9 aliphatic rings. The van der Waals surface area contributed by atoms with E-state index in [1.54, 1.807) is 0 Å². The number of fused-ring (bicyclic) bond motifs is 7. The molecule has 16 heteroatoms. The summed E-state index contributed by atoms with van der Waals surface area (Å²) in [6.45, 7) is 13.0. The molecule has 16 nitrogen and oxygen atoms in total. The third-order valence-electron chi connectivity index (χ3n) is 17.9. The van der Waals surface area contributed by atoms with Crippen molar-refractivity contribution in [1.29, 1.82) is 0 Å². The highest BCUT2D eigenvalue weighted by molar-refractivity contribution is 5.16. The standard InChI is InChI=1S/C44H72O16/c1-18-9-12-44(54-16-18)19(2)30-28(60-44)15-26-24-8-7-22-13-23(14-29(46)43(22,6)25(24)10-11-42(26,30)5)57-41-38(33(49)27(45)17-53-41)59-40-36(52)37(32(48)21(4)56-40)58-39-35(51)34(50)31(47)20(3)55-39/h18-41,45-52H,7-17H2,1-6H3/t18-,19-,20-,21-,22+,23-,24+,25-,26-,27-,28-,29+,30-,31-,32-,33+,34+,35-,36-,37+,38-,39+,40+,41+,42+,43-,44+/m0/s1. The van der Waals surface area contributed by atoms with Crippen LogP contribution in [0.15, 0.2) is 0 Å². The zero-order valence-electron chi connectivity index (χ0n) is 36.0. The second kappa shape index (κ2) is 16.4. The maximum atomic E-state index is 12.2. The Hall–Kier alpha value is -0.640. The summed E-state index contributed by atoms with van der Waals surface area (Å²) in [7, 11) is 0. The molecular formula is C44H72O16. The summed E-state index contributed by atoms with van der Waals surface area (Å²) < 4.78 is 49.4. The minimum Gasteiger partial charge on any atom is -0.392 e. The van der Waals surface area contributed by atoms with Gasteiger partial charge >= 0.3 is 0 Å². The Balaban J connectivity index is 0.860. The van der Waals surface area contributed by atoms with Crippen molar-refractivity contribution < 1.29 is 78.7 Å². The number of hydrogen-bond acceptors (Lipinski definition) is 16. The average Bonchev–Trinajstić information content (AvgIpc) is 3.66. The van der Waals surface area contributed by atoms with Crippen LogP contribution in [0.4, 0.5) is 0 Å². The first-order valence-corrected chi connectivity index (χ1v) is 23.0. The summed E-state index contributed by atoms with van der Waals surface area (Å²) in [5, 5.41) is 87.6. The Bertz CT molecular complexity index is 1520. The number of ether oxygens (including phenoxy) is 8. The third kappa shape index (κ3) is 7.09. The highest BCUT2D eigenvalue weighted by Crippen LogP contribution is 2.71. The number of aliphatic hydroxyl groups excluding tert-OH is 8. The lowest BCUT2D eigenvalue weighted by Gasteiger charge is -2.62. The van der Waals surface area contributed by atoms with Crippen LogP contribution in [0.1, 0.15) is 99.3 Å². The van der Waals surface area contributed by atoms with Gasteiger partial charge in [0.15, 0.2) is 24.7 Å². The molecule has 0 bridgehead atoms. The summed E-state index contributed by atoms with van der Waals surface area (Å²) in [4.78, 5) is 0. The quantitative estimate of drug-likeness (QED) is 0.174. The van der Waals surface area contributed by atoms with Crippen LogP contribution >= 0.6 is 0 Å². The summed E-state index contributed by atoms with van der Waals surface area (Å²) in [5.41, 5.74) is -0.133. The van der Waals surface area contributed by atoms with E-state index < -0.39 is 104 Å². The molecule has 0 amide bonds. The summed E-state index contributed by atoms with van der Waals surface area (Å²) >= 11 is 0. The van der Waals surface area contributed by atoms with E-state index in [1.807, 2.05) is 0 Å². The molecule has 4 saturated carbocycles. The van der Waals surface area contributed by atoms with Gasteiger partial charge in [-0.15, -0.1) is 0 Å². The number of aliphatic hydroxyl groups is 8. The second-order valence-corrected chi connectivity index (χ2v) is 21.1. The van der Waals surface area contributed by atoms with Crippen LogP contribution in [0, 0.1) is 52.3 Å². The Kier molecular flexibility index (Phi) is 12.1. The maximum Gasteiger partial charge on any atom is 0.187 e. The van der Waals surface area contributed by atoms with Crippen molar-refractivity contribution in [2.24, 2.45) is 52.3 Å². The van der Waals surface area contributed by atoms with E-state index in [1.165, 1.54) is 13.8 Å².